The van der Waals surface area contributed by atoms with Crippen LogP contribution >= 0.6 is 0 Å². The van der Waals surface area contributed by atoms with Gasteiger partial charge < -0.3 is 9.30 Å². The quantitative estimate of drug-likeness (QED) is 0.420. The van der Waals surface area contributed by atoms with E-state index in [1.54, 1.807) is 23.8 Å². The van der Waals surface area contributed by atoms with Gasteiger partial charge in [-0.1, -0.05) is 35.9 Å². The van der Waals surface area contributed by atoms with E-state index in [1.807, 2.05) is 44.2 Å². The van der Waals surface area contributed by atoms with Gasteiger partial charge in [0.1, 0.15) is 22.3 Å². The third kappa shape index (κ3) is 3.28. The van der Waals surface area contributed by atoms with Crippen molar-refractivity contribution in [2.24, 2.45) is 0 Å². The lowest BCUT2D eigenvalue weighted by Gasteiger charge is -2.15. The Morgan fingerprint density at radius 1 is 1.13 bits per heavy atom. The van der Waals surface area contributed by atoms with Gasteiger partial charge in [-0.25, -0.2) is 9.78 Å². The Kier molecular flexibility index (Phi) is 4.95. The molecule has 0 saturated carbocycles. The molecule has 0 aliphatic heterocycles. The number of rotatable bonds is 4. The zero-order valence-corrected chi connectivity index (χ0v) is 17.1. The summed E-state index contributed by atoms with van der Waals surface area (Å²) in [6, 6.07) is 13.0. The number of aromatic nitrogens is 3. The van der Waals surface area contributed by atoms with Crippen molar-refractivity contribution >= 4 is 22.6 Å². The molecule has 0 bridgehead atoms. The van der Waals surface area contributed by atoms with Gasteiger partial charge >= 0.3 is 5.97 Å². The van der Waals surface area contributed by atoms with Crippen molar-refractivity contribution in [3.63, 3.8) is 0 Å². The molecule has 1 aromatic carbocycles. The van der Waals surface area contributed by atoms with Gasteiger partial charge in [-0.2, -0.15) is 0 Å². The number of ether oxygens (including phenoxy) is 1. The summed E-state index contributed by atoms with van der Waals surface area (Å²) >= 11 is 0. The van der Waals surface area contributed by atoms with Crippen LogP contribution in [0.15, 0.2) is 53.5 Å². The Morgan fingerprint density at radius 3 is 2.57 bits per heavy atom. The molecule has 1 N–H and O–H groups in total. The number of nitrogens with zero attached hydrogens (tertiary/aromatic N) is 3. The number of aryl methyl sites for hydroxylation is 2. The van der Waals surface area contributed by atoms with Crippen LogP contribution in [0.25, 0.3) is 16.7 Å². The molecule has 3 aromatic heterocycles. The minimum absolute atomic E-state index is 0.0358. The number of fused-ring (bicyclic) bond motifs is 2. The standard InChI is InChI=1S/C23H22N4O3/c1-4-30-23(29)17-12-18-21(25-20-15(3)6-5-11-26(20)22(18)28)27(19(17)24)13-16-9-7-14(2)8-10-16/h5-12,24H,4,13H2,1-3H3. The number of nitrogens with one attached hydrogen (secondary N) is 1. The predicted octanol–water partition coefficient (Wildman–Crippen LogP) is 2.97. The molecule has 7 heteroatoms. The molecular weight excluding hydrogens is 380 g/mol. The summed E-state index contributed by atoms with van der Waals surface area (Å²) in [5.74, 6) is -0.629. The third-order valence-corrected chi connectivity index (χ3v) is 5.09. The molecule has 152 valence electrons. The topological polar surface area (TPSA) is 89.4 Å². The van der Waals surface area contributed by atoms with Gasteiger partial charge in [-0.15, -0.1) is 0 Å². The fourth-order valence-corrected chi connectivity index (χ4v) is 3.49. The first-order valence-electron chi connectivity index (χ1n) is 9.73. The Labute approximate surface area is 172 Å². The van der Waals surface area contributed by atoms with E-state index >= 15 is 0 Å². The average Bonchev–Trinajstić information content (AvgIpc) is 2.72. The lowest BCUT2D eigenvalue weighted by atomic mass is 10.1. The van der Waals surface area contributed by atoms with Crippen LogP contribution in [0.4, 0.5) is 0 Å². The van der Waals surface area contributed by atoms with Crippen molar-refractivity contribution in [1.82, 2.24) is 14.0 Å². The van der Waals surface area contributed by atoms with Gasteiger partial charge in [-0.05, 0) is 44.0 Å². The highest BCUT2D eigenvalue weighted by atomic mass is 16.5. The highest BCUT2D eigenvalue weighted by Gasteiger charge is 2.19. The largest absolute Gasteiger partial charge is 0.462 e. The fourth-order valence-electron chi connectivity index (χ4n) is 3.49. The minimum atomic E-state index is -0.629. The monoisotopic (exact) mass is 402 g/mol. The predicted molar refractivity (Wildman–Crippen MR) is 114 cm³/mol. The van der Waals surface area contributed by atoms with E-state index < -0.39 is 5.97 Å². The summed E-state index contributed by atoms with van der Waals surface area (Å²) < 4.78 is 8.19. The van der Waals surface area contributed by atoms with E-state index in [0.29, 0.717) is 17.8 Å². The highest BCUT2D eigenvalue weighted by Crippen LogP contribution is 2.15. The van der Waals surface area contributed by atoms with Gasteiger partial charge in [0, 0.05) is 6.20 Å². The van der Waals surface area contributed by atoms with Crippen LogP contribution in [0.1, 0.15) is 34.0 Å². The second-order valence-electron chi connectivity index (χ2n) is 7.24. The fraction of sp³-hybridized carbons (Fsp3) is 0.217. The molecule has 7 nitrogen and oxygen atoms in total. The van der Waals surface area contributed by atoms with Crippen molar-refractivity contribution < 1.29 is 9.53 Å². The molecule has 0 fully saturated rings. The molecule has 0 amide bonds. The van der Waals surface area contributed by atoms with E-state index in [1.165, 1.54) is 10.5 Å². The zero-order valence-electron chi connectivity index (χ0n) is 17.1. The minimum Gasteiger partial charge on any atom is -0.462 e. The van der Waals surface area contributed by atoms with Gasteiger partial charge in [0.2, 0.25) is 0 Å². The SMILES string of the molecule is CCOC(=O)c1cc2c(=O)n3cccc(C)c3nc2n(Cc2ccc(C)cc2)c1=N. The van der Waals surface area contributed by atoms with Crippen LogP contribution in [-0.2, 0) is 11.3 Å². The van der Waals surface area contributed by atoms with Crippen molar-refractivity contribution in [2.75, 3.05) is 6.61 Å². The molecule has 0 unspecified atom stereocenters. The number of benzene rings is 1. The number of esters is 1. The molecule has 0 saturated heterocycles. The molecule has 0 aliphatic carbocycles. The van der Waals surface area contributed by atoms with Gasteiger partial charge in [0.05, 0.1) is 18.5 Å². The molecule has 0 radical (unpaired) electrons. The molecule has 30 heavy (non-hydrogen) atoms. The Hall–Kier alpha value is -3.74. The average molecular weight is 402 g/mol. The second kappa shape index (κ2) is 7.59. The van der Waals surface area contributed by atoms with Crippen molar-refractivity contribution in [1.29, 1.82) is 5.41 Å². The van der Waals surface area contributed by atoms with Crippen LogP contribution in [0.5, 0.6) is 0 Å². The van der Waals surface area contributed by atoms with E-state index in [-0.39, 0.29) is 28.6 Å². The highest BCUT2D eigenvalue weighted by molar-refractivity contribution is 5.93. The van der Waals surface area contributed by atoms with E-state index in [9.17, 15) is 9.59 Å². The Morgan fingerprint density at radius 2 is 1.87 bits per heavy atom. The van der Waals surface area contributed by atoms with Gasteiger partial charge in [0.15, 0.2) is 0 Å². The summed E-state index contributed by atoms with van der Waals surface area (Å²) in [5.41, 5.74) is 3.52. The summed E-state index contributed by atoms with van der Waals surface area (Å²) in [4.78, 5) is 30.4. The molecule has 3 heterocycles. The number of carbonyl (C=O) groups excluding carboxylic acids is 1. The molecule has 0 spiro atoms. The first-order chi connectivity index (χ1) is 14.4. The van der Waals surface area contributed by atoms with Crippen molar-refractivity contribution in [2.45, 2.75) is 27.3 Å². The summed E-state index contributed by atoms with van der Waals surface area (Å²) in [5, 5.41) is 8.94. The zero-order chi connectivity index (χ0) is 21.4. The smallest absolute Gasteiger partial charge is 0.341 e. The summed E-state index contributed by atoms with van der Waals surface area (Å²) in [6.07, 6.45) is 1.65. The van der Waals surface area contributed by atoms with Crippen LogP contribution in [0.3, 0.4) is 0 Å². The normalized spacial score (nSPS) is 11.2. The van der Waals surface area contributed by atoms with Crippen LogP contribution in [0.2, 0.25) is 0 Å². The molecule has 0 aliphatic rings. The second-order valence-corrected chi connectivity index (χ2v) is 7.24. The number of hydrogen-bond donors (Lipinski definition) is 1. The van der Waals surface area contributed by atoms with Gasteiger partial charge in [-0.3, -0.25) is 14.6 Å². The van der Waals surface area contributed by atoms with Crippen LogP contribution in [-0.4, -0.2) is 26.5 Å². The first-order valence-corrected chi connectivity index (χ1v) is 9.73. The lowest BCUT2D eigenvalue weighted by Crippen LogP contribution is -2.31. The maximum atomic E-state index is 13.2. The number of pyridine rings is 2. The maximum Gasteiger partial charge on any atom is 0.341 e. The number of carbonyl (C=O) groups is 1. The molecular formula is C23H22N4O3. The Balaban J connectivity index is 2.08. The first kappa shape index (κ1) is 19.6. The van der Waals surface area contributed by atoms with Crippen LogP contribution < -0.4 is 11.0 Å². The number of hydrogen-bond acceptors (Lipinski definition) is 5. The van der Waals surface area contributed by atoms with Crippen molar-refractivity contribution in [3.05, 3.63) is 86.8 Å². The molecule has 4 rings (SSSR count). The summed E-state index contributed by atoms with van der Waals surface area (Å²) in [7, 11) is 0. The Bertz CT molecular complexity index is 1400. The van der Waals surface area contributed by atoms with E-state index in [4.69, 9.17) is 15.1 Å². The molecule has 0 atom stereocenters. The van der Waals surface area contributed by atoms with Crippen molar-refractivity contribution in [3.8, 4) is 0 Å². The van der Waals surface area contributed by atoms with E-state index in [2.05, 4.69) is 0 Å². The molecule has 4 aromatic rings. The van der Waals surface area contributed by atoms with E-state index in [0.717, 1.165) is 16.7 Å². The van der Waals surface area contributed by atoms with Gasteiger partial charge in [0.25, 0.3) is 5.56 Å². The maximum absolute atomic E-state index is 13.2. The lowest BCUT2D eigenvalue weighted by molar-refractivity contribution is 0.0523. The van der Waals surface area contributed by atoms with Crippen LogP contribution in [0, 0.1) is 19.3 Å². The third-order valence-electron chi connectivity index (χ3n) is 5.09. The summed E-state index contributed by atoms with van der Waals surface area (Å²) in [6.45, 7) is 6.07.